The van der Waals surface area contributed by atoms with Gasteiger partial charge in [0.15, 0.2) is 0 Å². The van der Waals surface area contributed by atoms with Crippen LogP contribution in [0, 0.1) is 6.92 Å². The van der Waals surface area contributed by atoms with E-state index in [0.717, 1.165) is 60.5 Å². The zero-order valence-corrected chi connectivity index (χ0v) is 13.4. The monoisotopic (exact) mass is 317 g/mol. The molecule has 4 rings (SSSR count). The Morgan fingerprint density at radius 2 is 2.27 bits per heavy atom. The second kappa shape index (κ2) is 5.85. The standard InChI is InChI=1S/C16H19N3O2S/c1-11-4-5-13-15(17-11)21-8-6-19(13)9-12-10-22-16(18-12)14-3-2-7-20-14/h4-5,10,14H,2-3,6-9H2,1H3/t14-/m0/s1. The Kier molecular flexibility index (Phi) is 3.72. The van der Waals surface area contributed by atoms with Crippen molar-refractivity contribution < 1.29 is 9.47 Å². The first-order chi connectivity index (χ1) is 10.8. The molecule has 116 valence electrons. The number of thiazole rings is 1. The first kappa shape index (κ1) is 14.0. The number of hydrogen-bond acceptors (Lipinski definition) is 6. The van der Waals surface area contributed by atoms with Crippen LogP contribution < -0.4 is 9.64 Å². The molecule has 6 heteroatoms. The molecule has 2 aromatic heterocycles. The van der Waals surface area contributed by atoms with Crippen LogP contribution >= 0.6 is 11.3 Å². The Hall–Kier alpha value is -1.66. The van der Waals surface area contributed by atoms with Gasteiger partial charge in [0.25, 0.3) is 0 Å². The summed E-state index contributed by atoms with van der Waals surface area (Å²) < 4.78 is 11.4. The highest BCUT2D eigenvalue weighted by molar-refractivity contribution is 7.09. The van der Waals surface area contributed by atoms with E-state index in [9.17, 15) is 0 Å². The molecule has 2 aliphatic rings. The van der Waals surface area contributed by atoms with Crippen LogP contribution in [0.1, 0.15) is 35.3 Å². The number of anilines is 1. The molecule has 1 fully saturated rings. The van der Waals surface area contributed by atoms with Gasteiger partial charge in [-0.25, -0.2) is 9.97 Å². The lowest BCUT2D eigenvalue weighted by Crippen LogP contribution is -2.32. The molecule has 1 saturated heterocycles. The largest absolute Gasteiger partial charge is 0.474 e. The molecule has 5 nitrogen and oxygen atoms in total. The fraction of sp³-hybridized carbons (Fsp3) is 0.500. The Morgan fingerprint density at radius 1 is 1.32 bits per heavy atom. The highest BCUT2D eigenvalue weighted by Gasteiger charge is 2.23. The summed E-state index contributed by atoms with van der Waals surface area (Å²) in [6.45, 7) is 5.18. The van der Waals surface area contributed by atoms with Crippen molar-refractivity contribution in [2.24, 2.45) is 0 Å². The fourth-order valence-corrected chi connectivity index (χ4v) is 3.81. The molecule has 0 bridgehead atoms. The Morgan fingerprint density at radius 3 is 3.14 bits per heavy atom. The smallest absolute Gasteiger partial charge is 0.237 e. The van der Waals surface area contributed by atoms with Gasteiger partial charge >= 0.3 is 0 Å². The van der Waals surface area contributed by atoms with Crippen molar-refractivity contribution >= 4 is 17.0 Å². The minimum atomic E-state index is 0.208. The lowest BCUT2D eigenvalue weighted by atomic mass is 10.2. The Bertz CT molecular complexity index is 667. The first-order valence-corrected chi connectivity index (χ1v) is 8.59. The van der Waals surface area contributed by atoms with E-state index in [0.29, 0.717) is 6.61 Å². The molecule has 0 radical (unpaired) electrons. The lowest BCUT2D eigenvalue weighted by Gasteiger charge is -2.29. The normalized spacial score (nSPS) is 20.8. The summed E-state index contributed by atoms with van der Waals surface area (Å²) in [6, 6.07) is 4.11. The molecular weight excluding hydrogens is 298 g/mol. The number of aryl methyl sites for hydroxylation is 1. The highest BCUT2D eigenvalue weighted by atomic mass is 32.1. The maximum atomic E-state index is 5.72. The molecule has 0 unspecified atom stereocenters. The number of ether oxygens (including phenoxy) is 2. The van der Waals surface area contributed by atoms with Crippen molar-refractivity contribution in [3.8, 4) is 5.88 Å². The predicted molar refractivity (Wildman–Crippen MR) is 85.6 cm³/mol. The summed E-state index contributed by atoms with van der Waals surface area (Å²) in [5.74, 6) is 0.737. The van der Waals surface area contributed by atoms with Gasteiger partial charge in [0.05, 0.1) is 18.8 Å². The third-order valence-electron chi connectivity index (χ3n) is 4.05. The molecule has 0 N–H and O–H groups in total. The number of rotatable bonds is 3. The Balaban J connectivity index is 1.52. The molecule has 0 aliphatic carbocycles. The van der Waals surface area contributed by atoms with Gasteiger partial charge < -0.3 is 14.4 Å². The average Bonchev–Trinajstić information content (AvgIpc) is 3.18. The van der Waals surface area contributed by atoms with E-state index >= 15 is 0 Å². The third-order valence-corrected chi connectivity index (χ3v) is 5.03. The SMILES string of the molecule is Cc1ccc2c(n1)OCCN2Cc1csc([C@@H]2CCCO2)n1. The van der Waals surface area contributed by atoms with E-state index < -0.39 is 0 Å². The van der Waals surface area contributed by atoms with Gasteiger partial charge in [-0.2, -0.15) is 0 Å². The number of hydrogen-bond donors (Lipinski definition) is 0. The molecule has 0 spiro atoms. The van der Waals surface area contributed by atoms with Crippen molar-refractivity contribution in [2.75, 3.05) is 24.7 Å². The van der Waals surface area contributed by atoms with Crippen molar-refractivity contribution in [3.63, 3.8) is 0 Å². The molecule has 2 aliphatic heterocycles. The van der Waals surface area contributed by atoms with E-state index in [4.69, 9.17) is 14.5 Å². The van der Waals surface area contributed by atoms with E-state index in [1.165, 1.54) is 0 Å². The fourth-order valence-electron chi connectivity index (χ4n) is 2.92. The Labute approximate surface area is 133 Å². The van der Waals surface area contributed by atoms with Gasteiger partial charge in [0.2, 0.25) is 5.88 Å². The molecule has 1 atom stereocenters. The zero-order valence-electron chi connectivity index (χ0n) is 12.6. The molecule has 22 heavy (non-hydrogen) atoms. The minimum Gasteiger partial charge on any atom is -0.474 e. The minimum absolute atomic E-state index is 0.208. The van der Waals surface area contributed by atoms with Crippen LogP contribution in [0.4, 0.5) is 5.69 Å². The average molecular weight is 317 g/mol. The molecular formula is C16H19N3O2S. The number of fused-ring (bicyclic) bond motifs is 1. The van der Waals surface area contributed by atoms with Crippen LogP contribution in [0.25, 0.3) is 0 Å². The summed E-state index contributed by atoms with van der Waals surface area (Å²) in [5.41, 5.74) is 3.14. The topological polar surface area (TPSA) is 47.5 Å². The first-order valence-electron chi connectivity index (χ1n) is 7.71. The molecule has 0 saturated carbocycles. The van der Waals surface area contributed by atoms with E-state index in [2.05, 4.69) is 21.3 Å². The second-order valence-corrected chi connectivity index (χ2v) is 6.62. The van der Waals surface area contributed by atoms with Crippen molar-refractivity contribution in [1.82, 2.24) is 9.97 Å². The van der Waals surface area contributed by atoms with Gasteiger partial charge in [-0.1, -0.05) is 0 Å². The number of aromatic nitrogens is 2. The zero-order chi connectivity index (χ0) is 14.9. The number of nitrogens with zero attached hydrogens (tertiary/aromatic N) is 3. The van der Waals surface area contributed by atoms with Crippen molar-refractivity contribution in [3.05, 3.63) is 33.9 Å². The summed E-state index contributed by atoms with van der Waals surface area (Å²) in [6.07, 6.45) is 2.44. The van der Waals surface area contributed by atoms with Crippen LogP contribution in [0.3, 0.4) is 0 Å². The van der Waals surface area contributed by atoms with Gasteiger partial charge in [-0.05, 0) is 31.9 Å². The highest BCUT2D eigenvalue weighted by Crippen LogP contribution is 2.33. The van der Waals surface area contributed by atoms with E-state index in [1.807, 2.05) is 13.0 Å². The summed E-state index contributed by atoms with van der Waals surface area (Å²) >= 11 is 1.71. The molecule has 2 aromatic rings. The quantitative estimate of drug-likeness (QED) is 0.870. The summed E-state index contributed by atoms with van der Waals surface area (Å²) in [4.78, 5) is 11.5. The lowest BCUT2D eigenvalue weighted by molar-refractivity contribution is 0.111. The second-order valence-electron chi connectivity index (χ2n) is 5.73. The van der Waals surface area contributed by atoms with Crippen LogP contribution in [0.5, 0.6) is 5.88 Å². The molecule has 0 amide bonds. The van der Waals surface area contributed by atoms with E-state index in [-0.39, 0.29) is 6.10 Å². The van der Waals surface area contributed by atoms with Crippen molar-refractivity contribution in [1.29, 1.82) is 0 Å². The summed E-state index contributed by atoms with van der Waals surface area (Å²) in [5, 5.41) is 3.26. The van der Waals surface area contributed by atoms with Crippen LogP contribution in [-0.2, 0) is 11.3 Å². The maximum absolute atomic E-state index is 5.72. The van der Waals surface area contributed by atoms with Gasteiger partial charge in [0, 0.05) is 17.7 Å². The van der Waals surface area contributed by atoms with Crippen LogP contribution in [-0.4, -0.2) is 29.7 Å². The third kappa shape index (κ3) is 2.68. The van der Waals surface area contributed by atoms with Gasteiger partial charge in [0.1, 0.15) is 23.4 Å². The van der Waals surface area contributed by atoms with E-state index in [1.54, 1.807) is 11.3 Å². The summed E-state index contributed by atoms with van der Waals surface area (Å²) in [7, 11) is 0. The van der Waals surface area contributed by atoms with Crippen molar-refractivity contribution in [2.45, 2.75) is 32.4 Å². The predicted octanol–water partition coefficient (Wildman–Crippen LogP) is 3.10. The molecule has 0 aromatic carbocycles. The van der Waals surface area contributed by atoms with Gasteiger partial charge in [-0.3, -0.25) is 0 Å². The maximum Gasteiger partial charge on any atom is 0.237 e. The molecule has 4 heterocycles. The van der Waals surface area contributed by atoms with Crippen LogP contribution in [0.15, 0.2) is 17.5 Å². The van der Waals surface area contributed by atoms with Gasteiger partial charge in [-0.15, -0.1) is 11.3 Å². The number of pyridine rings is 1. The van der Waals surface area contributed by atoms with Crippen LogP contribution in [0.2, 0.25) is 0 Å².